The van der Waals surface area contributed by atoms with Gasteiger partial charge in [0.05, 0.1) is 6.54 Å². The molecule has 0 saturated carbocycles. The summed E-state index contributed by atoms with van der Waals surface area (Å²) in [5, 5.41) is 3.17. The molecule has 24 heavy (non-hydrogen) atoms. The molecular formula is C17H24F3N3O. The molecule has 0 bridgehead atoms. The van der Waals surface area contributed by atoms with Crippen molar-refractivity contribution < 1.29 is 18.0 Å². The van der Waals surface area contributed by atoms with Crippen LogP contribution in [-0.2, 0) is 11.3 Å². The molecule has 134 valence electrons. The highest BCUT2D eigenvalue weighted by atomic mass is 19.4. The summed E-state index contributed by atoms with van der Waals surface area (Å²) >= 11 is 0. The summed E-state index contributed by atoms with van der Waals surface area (Å²) in [6.45, 7) is 0.218. The molecule has 1 amide bonds. The number of nitrogens with zero attached hydrogens (tertiary/aromatic N) is 2. The number of alkyl halides is 3. The van der Waals surface area contributed by atoms with E-state index in [2.05, 4.69) is 5.32 Å². The third kappa shape index (κ3) is 6.13. The highest BCUT2D eigenvalue weighted by molar-refractivity contribution is 5.78. The first-order valence-corrected chi connectivity index (χ1v) is 8.15. The minimum absolute atomic E-state index is 0.0253. The zero-order valence-electron chi connectivity index (χ0n) is 13.9. The number of halogens is 3. The van der Waals surface area contributed by atoms with E-state index in [1.165, 1.54) is 0 Å². The second kappa shape index (κ2) is 8.48. The van der Waals surface area contributed by atoms with Crippen LogP contribution in [0.15, 0.2) is 30.3 Å². The van der Waals surface area contributed by atoms with Gasteiger partial charge in [-0.3, -0.25) is 9.69 Å². The Hall–Kier alpha value is -1.60. The van der Waals surface area contributed by atoms with Gasteiger partial charge in [-0.05, 0) is 32.0 Å². The van der Waals surface area contributed by atoms with E-state index in [9.17, 15) is 18.0 Å². The minimum atomic E-state index is -4.40. The molecule has 4 nitrogen and oxygen atoms in total. The van der Waals surface area contributed by atoms with Crippen molar-refractivity contribution in [2.45, 2.75) is 31.6 Å². The maximum absolute atomic E-state index is 12.8. The minimum Gasteiger partial charge on any atom is -0.328 e. The fourth-order valence-electron chi connectivity index (χ4n) is 2.98. The Bertz CT molecular complexity index is 522. The van der Waals surface area contributed by atoms with Crippen LogP contribution in [0, 0.1) is 0 Å². The number of rotatable bonds is 6. The van der Waals surface area contributed by atoms with Gasteiger partial charge in [0.15, 0.2) is 0 Å². The molecule has 2 rings (SSSR count). The smallest absolute Gasteiger partial charge is 0.328 e. The first-order chi connectivity index (χ1) is 11.4. The van der Waals surface area contributed by atoms with Gasteiger partial charge in [0.25, 0.3) is 0 Å². The largest absolute Gasteiger partial charge is 0.406 e. The summed E-state index contributed by atoms with van der Waals surface area (Å²) in [4.78, 5) is 15.3. The Kier molecular flexibility index (Phi) is 6.62. The van der Waals surface area contributed by atoms with Crippen LogP contribution < -0.4 is 5.32 Å². The van der Waals surface area contributed by atoms with Crippen molar-refractivity contribution in [1.29, 1.82) is 0 Å². The van der Waals surface area contributed by atoms with Crippen molar-refractivity contribution in [3.63, 3.8) is 0 Å². The molecule has 1 aliphatic rings. The van der Waals surface area contributed by atoms with E-state index in [1.807, 2.05) is 11.9 Å². The fraction of sp³-hybridized carbons (Fsp3) is 0.588. The monoisotopic (exact) mass is 343 g/mol. The van der Waals surface area contributed by atoms with Crippen molar-refractivity contribution in [3.05, 3.63) is 35.9 Å². The fourth-order valence-corrected chi connectivity index (χ4v) is 2.98. The van der Waals surface area contributed by atoms with Crippen LogP contribution in [0.1, 0.15) is 18.4 Å². The Labute approximate surface area is 140 Å². The molecule has 1 aromatic carbocycles. The molecule has 7 heteroatoms. The number of likely N-dealkylation sites (N-methyl/N-ethyl adjacent to an activating group) is 1. The number of carbonyl (C=O) groups excluding carboxylic acids is 1. The Balaban J connectivity index is 2.01. The summed E-state index contributed by atoms with van der Waals surface area (Å²) < 4.78 is 38.5. The molecule has 1 aromatic rings. The van der Waals surface area contributed by atoms with Crippen LogP contribution in [0.4, 0.5) is 13.2 Å². The second-order valence-electron chi connectivity index (χ2n) is 6.21. The van der Waals surface area contributed by atoms with Crippen molar-refractivity contribution in [2.24, 2.45) is 0 Å². The van der Waals surface area contributed by atoms with E-state index >= 15 is 0 Å². The van der Waals surface area contributed by atoms with Gasteiger partial charge in [0.1, 0.15) is 6.54 Å². The molecule has 1 fully saturated rings. The van der Waals surface area contributed by atoms with Gasteiger partial charge in [-0.25, -0.2) is 0 Å². The van der Waals surface area contributed by atoms with Gasteiger partial charge in [0.2, 0.25) is 5.91 Å². The number of likely N-dealkylation sites (tertiary alicyclic amines) is 1. The number of carbonyl (C=O) groups is 1. The average molecular weight is 343 g/mol. The number of piperidine rings is 1. The standard InChI is InChI=1S/C17H24F3N3O/c1-21-15-8-5-9-22(11-15)12-16(24)23(13-17(18,19)20)10-14-6-3-2-4-7-14/h2-4,6-7,15,21H,5,8-13H2,1H3. The molecule has 1 aliphatic heterocycles. The summed E-state index contributed by atoms with van der Waals surface area (Å²) in [5.74, 6) is -0.479. The van der Waals surface area contributed by atoms with Gasteiger partial charge < -0.3 is 10.2 Å². The number of nitrogens with one attached hydrogen (secondary N) is 1. The molecule has 1 heterocycles. The highest BCUT2D eigenvalue weighted by Gasteiger charge is 2.33. The number of amides is 1. The predicted molar refractivity (Wildman–Crippen MR) is 86.4 cm³/mol. The Morgan fingerprint density at radius 1 is 1.33 bits per heavy atom. The zero-order valence-corrected chi connectivity index (χ0v) is 13.9. The maximum atomic E-state index is 12.8. The lowest BCUT2D eigenvalue weighted by Gasteiger charge is -2.34. The van der Waals surface area contributed by atoms with E-state index in [4.69, 9.17) is 0 Å². The van der Waals surface area contributed by atoms with Gasteiger partial charge >= 0.3 is 6.18 Å². The highest BCUT2D eigenvalue weighted by Crippen LogP contribution is 2.19. The van der Waals surface area contributed by atoms with Gasteiger partial charge in [-0.2, -0.15) is 13.2 Å². The predicted octanol–water partition coefficient (Wildman–Crippen LogP) is 2.26. The van der Waals surface area contributed by atoms with Crippen LogP contribution in [0.3, 0.4) is 0 Å². The van der Waals surface area contributed by atoms with Crippen LogP contribution in [0.25, 0.3) is 0 Å². The van der Waals surface area contributed by atoms with E-state index in [-0.39, 0.29) is 19.1 Å². The van der Waals surface area contributed by atoms with Gasteiger partial charge in [-0.1, -0.05) is 30.3 Å². The normalized spacial score (nSPS) is 19.2. The van der Waals surface area contributed by atoms with E-state index < -0.39 is 18.6 Å². The van der Waals surface area contributed by atoms with Crippen molar-refractivity contribution in [3.8, 4) is 0 Å². The zero-order chi connectivity index (χ0) is 17.6. The summed E-state index contributed by atoms with van der Waals surface area (Å²) in [7, 11) is 1.86. The summed E-state index contributed by atoms with van der Waals surface area (Å²) in [6, 6.07) is 9.06. The summed E-state index contributed by atoms with van der Waals surface area (Å²) in [5.41, 5.74) is 0.696. The van der Waals surface area contributed by atoms with Crippen LogP contribution in [-0.4, -0.2) is 61.2 Å². The molecule has 1 saturated heterocycles. The molecule has 0 radical (unpaired) electrons. The summed E-state index contributed by atoms with van der Waals surface area (Å²) in [6.07, 6.45) is -2.44. The quantitative estimate of drug-likeness (QED) is 0.861. The Morgan fingerprint density at radius 3 is 2.67 bits per heavy atom. The van der Waals surface area contributed by atoms with E-state index in [0.717, 1.165) is 24.3 Å². The first-order valence-electron chi connectivity index (χ1n) is 8.15. The lowest BCUT2D eigenvalue weighted by atomic mass is 10.1. The molecule has 0 spiro atoms. The van der Waals surface area contributed by atoms with Crippen molar-refractivity contribution in [1.82, 2.24) is 15.1 Å². The molecule has 1 N–H and O–H groups in total. The van der Waals surface area contributed by atoms with Gasteiger partial charge in [0, 0.05) is 19.1 Å². The van der Waals surface area contributed by atoms with E-state index in [0.29, 0.717) is 12.1 Å². The van der Waals surface area contributed by atoms with Gasteiger partial charge in [-0.15, -0.1) is 0 Å². The van der Waals surface area contributed by atoms with Crippen molar-refractivity contribution in [2.75, 3.05) is 33.2 Å². The van der Waals surface area contributed by atoms with Crippen LogP contribution in [0.2, 0.25) is 0 Å². The third-order valence-corrected chi connectivity index (χ3v) is 4.21. The SMILES string of the molecule is CNC1CCCN(CC(=O)N(Cc2ccccc2)CC(F)(F)F)C1. The molecular weight excluding hydrogens is 319 g/mol. The molecule has 0 aliphatic carbocycles. The lowest BCUT2D eigenvalue weighted by Crippen LogP contribution is -2.49. The third-order valence-electron chi connectivity index (χ3n) is 4.21. The topological polar surface area (TPSA) is 35.6 Å². The molecule has 0 aromatic heterocycles. The maximum Gasteiger partial charge on any atom is 0.406 e. The molecule has 1 unspecified atom stereocenters. The second-order valence-corrected chi connectivity index (χ2v) is 6.21. The average Bonchev–Trinajstić information content (AvgIpc) is 2.54. The lowest BCUT2D eigenvalue weighted by molar-refractivity contribution is -0.163. The van der Waals surface area contributed by atoms with Crippen molar-refractivity contribution >= 4 is 5.91 Å². The number of hydrogen-bond acceptors (Lipinski definition) is 3. The van der Waals surface area contributed by atoms with Crippen LogP contribution >= 0.6 is 0 Å². The van der Waals surface area contributed by atoms with E-state index in [1.54, 1.807) is 30.3 Å². The number of hydrogen-bond donors (Lipinski definition) is 1. The molecule has 1 atom stereocenters. The first kappa shape index (κ1) is 18.7. The Morgan fingerprint density at radius 2 is 2.04 bits per heavy atom. The van der Waals surface area contributed by atoms with Crippen LogP contribution in [0.5, 0.6) is 0 Å². The number of benzene rings is 1.